The normalized spacial score (nSPS) is 12.6. The summed E-state index contributed by atoms with van der Waals surface area (Å²) in [6, 6.07) is 0. The summed E-state index contributed by atoms with van der Waals surface area (Å²) < 4.78 is 72.8. The van der Waals surface area contributed by atoms with Crippen LogP contribution in [0.1, 0.15) is 0 Å². The smallest absolute Gasteiger partial charge is 0.385 e. The molecule has 1 aromatic rings. The lowest BCUT2D eigenvalue weighted by Crippen LogP contribution is -2.19. The molecule has 0 amide bonds. The van der Waals surface area contributed by atoms with Gasteiger partial charge in [0.2, 0.25) is 5.82 Å². The third kappa shape index (κ3) is 3.68. The molecule has 0 saturated heterocycles. The predicted molar refractivity (Wildman–Crippen MR) is 51.6 cm³/mol. The maximum atomic E-state index is 13.3. The first kappa shape index (κ1) is 14.5. The highest BCUT2D eigenvalue weighted by molar-refractivity contribution is 9.10. The van der Waals surface area contributed by atoms with E-state index in [-0.39, 0.29) is 0 Å². The number of aromatic nitrogens is 1. The van der Waals surface area contributed by atoms with Gasteiger partial charge in [0.1, 0.15) is 4.90 Å². The lowest BCUT2D eigenvalue weighted by molar-refractivity contribution is -0.277. The van der Waals surface area contributed by atoms with E-state index in [1.54, 1.807) is 0 Å². The molecule has 96 valence electrons. The molecule has 0 aromatic carbocycles. The second-order valence-electron chi connectivity index (χ2n) is 2.54. The summed E-state index contributed by atoms with van der Waals surface area (Å²) in [5, 5.41) is 0. The first-order valence-electron chi connectivity index (χ1n) is 3.57. The molecule has 1 aromatic heterocycles. The van der Waals surface area contributed by atoms with Crippen LogP contribution in [0.15, 0.2) is 15.6 Å². The maximum absolute atomic E-state index is 13.3. The molecule has 11 heteroatoms. The number of halogens is 6. The average Bonchev–Trinajstić information content (AvgIpc) is 2.08. The monoisotopic (exact) mass is 357 g/mol. The average molecular weight is 358 g/mol. The van der Waals surface area contributed by atoms with Gasteiger partial charge < -0.3 is 4.74 Å². The zero-order valence-corrected chi connectivity index (χ0v) is 10.6. The Morgan fingerprint density at radius 2 is 1.94 bits per heavy atom. The van der Waals surface area contributed by atoms with Crippen molar-refractivity contribution < 1.29 is 30.7 Å². The van der Waals surface area contributed by atoms with E-state index in [9.17, 15) is 26.0 Å². The van der Waals surface area contributed by atoms with Crippen molar-refractivity contribution in [1.29, 1.82) is 0 Å². The minimum absolute atomic E-state index is 0.441. The molecule has 0 N–H and O–H groups in total. The first-order chi connectivity index (χ1) is 7.52. The molecule has 0 atom stereocenters. The Hall–Kier alpha value is -0.610. The van der Waals surface area contributed by atoms with Crippen LogP contribution in [0.5, 0.6) is 5.88 Å². The summed E-state index contributed by atoms with van der Waals surface area (Å²) in [6.45, 7) is 0. The largest absolute Gasteiger partial charge is 0.574 e. The molecule has 0 spiro atoms. The molecule has 0 bridgehead atoms. The zero-order chi connectivity index (χ0) is 13.4. The summed E-state index contributed by atoms with van der Waals surface area (Å²) in [5.41, 5.74) is 0. The number of hydrogen-bond donors (Lipinski definition) is 0. The molecule has 0 fully saturated rings. The van der Waals surface area contributed by atoms with Crippen molar-refractivity contribution in [2.75, 3.05) is 0 Å². The van der Waals surface area contributed by atoms with Crippen molar-refractivity contribution >= 4 is 35.7 Å². The second-order valence-corrected chi connectivity index (χ2v) is 5.87. The van der Waals surface area contributed by atoms with E-state index in [4.69, 9.17) is 10.7 Å². The molecular weight excluding hydrogens is 357 g/mol. The van der Waals surface area contributed by atoms with Gasteiger partial charge in [0, 0.05) is 10.7 Å². The highest BCUT2D eigenvalue weighted by Gasteiger charge is 2.34. The maximum Gasteiger partial charge on any atom is 0.574 e. The molecule has 0 aliphatic carbocycles. The van der Waals surface area contributed by atoms with Gasteiger partial charge in [-0.3, -0.25) is 0 Å². The van der Waals surface area contributed by atoms with Crippen LogP contribution in [0.3, 0.4) is 0 Å². The van der Waals surface area contributed by atoms with E-state index in [1.807, 2.05) is 0 Å². The van der Waals surface area contributed by atoms with Gasteiger partial charge in [0.25, 0.3) is 14.9 Å². The van der Waals surface area contributed by atoms with Crippen LogP contribution in [0.2, 0.25) is 0 Å². The third-order valence-electron chi connectivity index (χ3n) is 1.37. The first-order valence-corrected chi connectivity index (χ1v) is 6.67. The quantitative estimate of drug-likeness (QED) is 0.603. The van der Waals surface area contributed by atoms with Crippen molar-refractivity contribution in [3.63, 3.8) is 0 Å². The van der Waals surface area contributed by atoms with Gasteiger partial charge in [-0.15, -0.1) is 13.2 Å². The molecule has 0 aliphatic heterocycles. The van der Waals surface area contributed by atoms with Crippen molar-refractivity contribution in [3.8, 4) is 5.88 Å². The number of nitrogens with zero attached hydrogens (tertiary/aromatic N) is 1. The molecule has 4 nitrogen and oxygen atoms in total. The fourth-order valence-corrected chi connectivity index (χ4v) is 2.81. The van der Waals surface area contributed by atoms with Gasteiger partial charge in [-0.05, 0) is 15.9 Å². The van der Waals surface area contributed by atoms with E-state index in [2.05, 4.69) is 25.7 Å². The summed E-state index contributed by atoms with van der Waals surface area (Å²) in [5.74, 6) is -3.03. The minimum Gasteiger partial charge on any atom is -0.385 e. The summed E-state index contributed by atoms with van der Waals surface area (Å²) in [4.78, 5) is 2.08. The van der Waals surface area contributed by atoms with Crippen LogP contribution < -0.4 is 4.74 Å². The summed E-state index contributed by atoms with van der Waals surface area (Å²) in [7, 11) is 0.563. The zero-order valence-electron chi connectivity index (χ0n) is 7.43. The Morgan fingerprint density at radius 3 is 2.35 bits per heavy atom. The van der Waals surface area contributed by atoms with Crippen molar-refractivity contribution in [2.45, 2.75) is 11.3 Å². The molecule has 0 aliphatic rings. The van der Waals surface area contributed by atoms with Crippen LogP contribution in [-0.2, 0) is 9.05 Å². The predicted octanol–water partition coefficient (Wildman–Crippen LogP) is 2.81. The van der Waals surface area contributed by atoms with E-state index >= 15 is 0 Å². The Bertz CT molecular complexity index is 547. The Labute approximate surface area is 105 Å². The summed E-state index contributed by atoms with van der Waals surface area (Å²) >= 11 is 2.45. The van der Waals surface area contributed by atoms with Crippen molar-refractivity contribution in [1.82, 2.24) is 4.98 Å². The van der Waals surface area contributed by atoms with Gasteiger partial charge in [0.15, 0.2) is 0 Å². The fraction of sp³-hybridized carbons (Fsp3) is 0.167. The number of pyridine rings is 1. The Balaban J connectivity index is 3.30. The second kappa shape index (κ2) is 4.58. The lowest BCUT2D eigenvalue weighted by Gasteiger charge is -2.10. The van der Waals surface area contributed by atoms with E-state index < -0.39 is 36.5 Å². The SMILES string of the molecule is O=S(=O)(Cl)c1cnc(OC(F)(F)F)c(F)c1Br. The highest BCUT2D eigenvalue weighted by Crippen LogP contribution is 2.33. The van der Waals surface area contributed by atoms with Crippen molar-refractivity contribution in [2.24, 2.45) is 0 Å². The van der Waals surface area contributed by atoms with Gasteiger partial charge in [0.05, 0.1) is 10.7 Å². The van der Waals surface area contributed by atoms with E-state index in [0.717, 1.165) is 0 Å². The topological polar surface area (TPSA) is 56.3 Å². The number of alkyl halides is 3. The van der Waals surface area contributed by atoms with Crippen LogP contribution in [-0.4, -0.2) is 19.8 Å². The molecule has 1 heterocycles. The standard InChI is InChI=1S/C6HBrClF4NO3S/c7-3-2(17(8,14)15)1-13-5(4(3)9)16-6(10,11)12/h1H. The van der Waals surface area contributed by atoms with E-state index in [0.29, 0.717) is 6.20 Å². The fourth-order valence-electron chi connectivity index (χ4n) is 0.783. The minimum atomic E-state index is -5.14. The molecular formula is C6HBrClF4NO3S. The molecule has 0 unspecified atom stereocenters. The van der Waals surface area contributed by atoms with Gasteiger partial charge in [-0.25, -0.2) is 13.4 Å². The number of hydrogen-bond acceptors (Lipinski definition) is 4. The Kier molecular flexibility index (Phi) is 3.89. The number of rotatable bonds is 2. The van der Waals surface area contributed by atoms with Gasteiger partial charge >= 0.3 is 6.36 Å². The van der Waals surface area contributed by atoms with Crippen LogP contribution in [0, 0.1) is 5.82 Å². The van der Waals surface area contributed by atoms with Crippen LogP contribution >= 0.6 is 26.6 Å². The highest BCUT2D eigenvalue weighted by atomic mass is 79.9. The van der Waals surface area contributed by atoms with Gasteiger partial charge in [-0.2, -0.15) is 4.39 Å². The van der Waals surface area contributed by atoms with Crippen LogP contribution in [0.4, 0.5) is 17.6 Å². The van der Waals surface area contributed by atoms with Crippen LogP contribution in [0.25, 0.3) is 0 Å². The molecule has 1 rings (SSSR count). The Morgan fingerprint density at radius 1 is 1.41 bits per heavy atom. The van der Waals surface area contributed by atoms with E-state index in [1.165, 1.54) is 0 Å². The molecule has 17 heavy (non-hydrogen) atoms. The van der Waals surface area contributed by atoms with Crippen molar-refractivity contribution in [3.05, 3.63) is 16.5 Å². The van der Waals surface area contributed by atoms with Gasteiger partial charge in [-0.1, -0.05) is 0 Å². The third-order valence-corrected chi connectivity index (χ3v) is 3.74. The summed E-state index contributed by atoms with van der Waals surface area (Å²) in [6.07, 6.45) is -4.70. The number of ether oxygens (including phenoxy) is 1. The lowest BCUT2D eigenvalue weighted by atomic mass is 10.4. The molecule has 0 radical (unpaired) electrons. The molecule has 0 saturated carbocycles.